The standard InChI is InChI=1S/C10H17N3S/c1-2-11-6-3-4-8-14-10-5-7-12-9-13-10/h5,7,9,11H,2-4,6,8H2,1H3. The van der Waals surface area contributed by atoms with Gasteiger partial charge in [-0.3, -0.25) is 0 Å². The van der Waals surface area contributed by atoms with Gasteiger partial charge in [0.2, 0.25) is 0 Å². The SMILES string of the molecule is CCNCCCCSc1ccncn1. The lowest BCUT2D eigenvalue weighted by Crippen LogP contribution is -2.13. The molecule has 0 fully saturated rings. The molecule has 0 saturated carbocycles. The van der Waals surface area contributed by atoms with Crippen LogP contribution in [0.1, 0.15) is 19.8 Å². The number of unbranched alkanes of at least 4 members (excludes halogenated alkanes) is 1. The van der Waals surface area contributed by atoms with Crippen molar-refractivity contribution >= 4 is 11.8 Å². The normalized spacial score (nSPS) is 10.4. The molecule has 1 N–H and O–H groups in total. The van der Waals surface area contributed by atoms with Crippen molar-refractivity contribution in [2.24, 2.45) is 0 Å². The molecule has 1 aromatic rings. The average Bonchev–Trinajstić information content (AvgIpc) is 2.25. The average molecular weight is 211 g/mol. The third-order valence-electron chi connectivity index (χ3n) is 1.80. The van der Waals surface area contributed by atoms with Gasteiger partial charge < -0.3 is 5.32 Å². The van der Waals surface area contributed by atoms with Gasteiger partial charge in [-0.25, -0.2) is 9.97 Å². The summed E-state index contributed by atoms with van der Waals surface area (Å²) < 4.78 is 0. The third-order valence-corrected chi connectivity index (χ3v) is 2.83. The fraction of sp³-hybridized carbons (Fsp3) is 0.600. The first kappa shape index (κ1) is 11.5. The van der Waals surface area contributed by atoms with E-state index >= 15 is 0 Å². The van der Waals surface area contributed by atoms with Crippen LogP contribution in [0, 0.1) is 0 Å². The fourth-order valence-corrected chi connectivity index (χ4v) is 1.91. The molecule has 0 aliphatic carbocycles. The van der Waals surface area contributed by atoms with Crippen LogP contribution in [0.3, 0.4) is 0 Å². The van der Waals surface area contributed by atoms with Crippen LogP contribution in [0.5, 0.6) is 0 Å². The largest absolute Gasteiger partial charge is 0.317 e. The smallest absolute Gasteiger partial charge is 0.116 e. The first-order valence-corrected chi connectivity index (χ1v) is 6.01. The van der Waals surface area contributed by atoms with Crippen molar-refractivity contribution in [2.45, 2.75) is 24.8 Å². The van der Waals surface area contributed by atoms with Gasteiger partial charge in [0.05, 0.1) is 5.03 Å². The Bertz CT molecular complexity index is 228. The van der Waals surface area contributed by atoms with E-state index in [1.54, 1.807) is 24.3 Å². The topological polar surface area (TPSA) is 37.8 Å². The van der Waals surface area contributed by atoms with Gasteiger partial charge in [-0.1, -0.05) is 6.92 Å². The van der Waals surface area contributed by atoms with Gasteiger partial charge in [0.25, 0.3) is 0 Å². The molecule has 0 aromatic carbocycles. The molecule has 0 aliphatic heterocycles. The zero-order valence-electron chi connectivity index (χ0n) is 8.57. The number of hydrogen-bond donors (Lipinski definition) is 1. The summed E-state index contributed by atoms with van der Waals surface area (Å²) in [5, 5.41) is 4.38. The number of hydrogen-bond acceptors (Lipinski definition) is 4. The predicted octanol–water partition coefficient (Wildman–Crippen LogP) is 1.96. The number of nitrogens with zero attached hydrogens (tertiary/aromatic N) is 2. The van der Waals surface area contributed by atoms with Crippen molar-refractivity contribution < 1.29 is 0 Å². The Morgan fingerprint density at radius 1 is 1.43 bits per heavy atom. The Balaban J connectivity index is 1.99. The van der Waals surface area contributed by atoms with E-state index in [2.05, 4.69) is 22.2 Å². The molecule has 0 amide bonds. The summed E-state index contributed by atoms with van der Waals surface area (Å²) >= 11 is 1.80. The summed E-state index contributed by atoms with van der Waals surface area (Å²) in [7, 11) is 0. The van der Waals surface area contributed by atoms with E-state index in [1.165, 1.54) is 12.8 Å². The highest BCUT2D eigenvalue weighted by Crippen LogP contribution is 2.14. The van der Waals surface area contributed by atoms with E-state index in [1.807, 2.05) is 6.07 Å². The van der Waals surface area contributed by atoms with Crippen LogP contribution in [-0.2, 0) is 0 Å². The summed E-state index contributed by atoms with van der Waals surface area (Å²) in [6.45, 7) is 4.33. The van der Waals surface area contributed by atoms with E-state index in [0.29, 0.717) is 0 Å². The van der Waals surface area contributed by atoms with Crippen molar-refractivity contribution in [2.75, 3.05) is 18.8 Å². The van der Waals surface area contributed by atoms with Crippen LogP contribution in [0.4, 0.5) is 0 Å². The molecular weight excluding hydrogens is 194 g/mol. The second kappa shape index (κ2) is 7.76. The van der Waals surface area contributed by atoms with Crippen molar-refractivity contribution in [3.8, 4) is 0 Å². The van der Waals surface area contributed by atoms with Gasteiger partial charge in [0.15, 0.2) is 0 Å². The molecule has 1 rings (SSSR count). The zero-order chi connectivity index (χ0) is 10.1. The quantitative estimate of drug-likeness (QED) is 0.425. The van der Waals surface area contributed by atoms with Crippen molar-refractivity contribution in [3.05, 3.63) is 18.6 Å². The van der Waals surface area contributed by atoms with E-state index in [0.717, 1.165) is 23.9 Å². The molecule has 14 heavy (non-hydrogen) atoms. The number of aromatic nitrogens is 2. The van der Waals surface area contributed by atoms with Gasteiger partial charge in [0, 0.05) is 6.20 Å². The van der Waals surface area contributed by atoms with Crippen LogP contribution in [0.25, 0.3) is 0 Å². The highest BCUT2D eigenvalue weighted by Gasteiger charge is 1.93. The Hall–Kier alpha value is -0.610. The number of rotatable bonds is 7. The van der Waals surface area contributed by atoms with E-state index < -0.39 is 0 Å². The van der Waals surface area contributed by atoms with Gasteiger partial charge in [-0.15, -0.1) is 11.8 Å². The molecular formula is C10H17N3S. The Kier molecular flexibility index (Phi) is 6.36. The van der Waals surface area contributed by atoms with Crippen LogP contribution in [0.15, 0.2) is 23.6 Å². The Labute approximate surface area is 89.7 Å². The van der Waals surface area contributed by atoms with Crippen LogP contribution in [-0.4, -0.2) is 28.8 Å². The van der Waals surface area contributed by atoms with Gasteiger partial charge in [0.1, 0.15) is 6.33 Å². The molecule has 0 atom stereocenters. The Morgan fingerprint density at radius 3 is 3.07 bits per heavy atom. The predicted molar refractivity (Wildman–Crippen MR) is 60.5 cm³/mol. The summed E-state index contributed by atoms with van der Waals surface area (Å²) in [5.41, 5.74) is 0. The van der Waals surface area contributed by atoms with Gasteiger partial charge >= 0.3 is 0 Å². The van der Waals surface area contributed by atoms with Crippen LogP contribution >= 0.6 is 11.8 Å². The highest BCUT2D eigenvalue weighted by atomic mass is 32.2. The maximum atomic E-state index is 4.15. The fourth-order valence-electron chi connectivity index (χ4n) is 1.07. The van der Waals surface area contributed by atoms with Gasteiger partial charge in [-0.05, 0) is 37.8 Å². The summed E-state index contributed by atoms with van der Waals surface area (Å²) in [4.78, 5) is 8.03. The van der Waals surface area contributed by atoms with E-state index in [4.69, 9.17) is 0 Å². The number of thioether (sulfide) groups is 1. The minimum absolute atomic E-state index is 1.07. The lowest BCUT2D eigenvalue weighted by atomic mass is 10.3. The van der Waals surface area contributed by atoms with E-state index in [9.17, 15) is 0 Å². The highest BCUT2D eigenvalue weighted by molar-refractivity contribution is 7.99. The third kappa shape index (κ3) is 5.19. The first-order valence-electron chi connectivity index (χ1n) is 5.03. The molecule has 0 spiro atoms. The van der Waals surface area contributed by atoms with Crippen molar-refractivity contribution in [3.63, 3.8) is 0 Å². The minimum Gasteiger partial charge on any atom is -0.317 e. The zero-order valence-corrected chi connectivity index (χ0v) is 9.39. The Morgan fingerprint density at radius 2 is 2.36 bits per heavy atom. The molecule has 78 valence electrons. The van der Waals surface area contributed by atoms with Crippen molar-refractivity contribution in [1.82, 2.24) is 15.3 Å². The molecule has 0 unspecified atom stereocenters. The molecule has 4 heteroatoms. The van der Waals surface area contributed by atoms with Crippen LogP contribution < -0.4 is 5.32 Å². The molecule has 0 saturated heterocycles. The maximum absolute atomic E-state index is 4.15. The maximum Gasteiger partial charge on any atom is 0.116 e. The monoisotopic (exact) mass is 211 g/mol. The lowest BCUT2D eigenvalue weighted by Gasteiger charge is -2.01. The molecule has 0 bridgehead atoms. The molecule has 1 aromatic heterocycles. The molecule has 3 nitrogen and oxygen atoms in total. The second-order valence-corrected chi connectivity index (χ2v) is 4.07. The molecule has 0 aliphatic rings. The summed E-state index contributed by atoms with van der Waals surface area (Å²) in [6.07, 6.45) is 5.86. The summed E-state index contributed by atoms with van der Waals surface area (Å²) in [5.74, 6) is 1.14. The molecule has 0 radical (unpaired) electrons. The second-order valence-electron chi connectivity index (χ2n) is 2.96. The first-order chi connectivity index (χ1) is 6.93. The summed E-state index contributed by atoms with van der Waals surface area (Å²) in [6, 6.07) is 1.95. The lowest BCUT2D eigenvalue weighted by molar-refractivity contribution is 0.666. The van der Waals surface area contributed by atoms with Crippen molar-refractivity contribution in [1.29, 1.82) is 0 Å². The number of nitrogens with one attached hydrogen (secondary N) is 1. The minimum atomic E-state index is 1.07. The van der Waals surface area contributed by atoms with Gasteiger partial charge in [-0.2, -0.15) is 0 Å². The molecule has 1 heterocycles. The van der Waals surface area contributed by atoms with E-state index in [-0.39, 0.29) is 0 Å². The van der Waals surface area contributed by atoms with Crippen LogP contribution in [0.2, 0.25) is 0 Å².